The van der Waals surface area contributed by atoms with Gasteiger partial charge in [0.15, 0.2) is 0 Å². The maximum absolute atomic E-state index is 14.2. The lowest BCUT2D eigenvalue weighted by molar-refractivity contribution is -0.150. The summed E-state index contributed by atoms with van der Waals surface area (Å²) in [4.78, 5) is 42.1. The van der Waals surface area contributed by atoms with Crippen molar-refractivity contribution < 1.29 is 19.1 Å². The lowest BCUT2D eigenvalue weighted by Crippen LogP contribution is -2.60. The second-order valence-corrected chi connectivity index (χ2v) is 11.0. The van der Waals surface area contributed by atoms with Crippen LogP contribution in [0.5, 0.6) is 0 Å². The number of rotatable bonds is 9. The second kappa shape index (κ2) is 12.1. The van der Waals surface area contributed by atoms with Crippen molar-refractivity contribution >= 4 is 17.9 Å². The van der Waals surface area contributed by atoms with Crippen molar-refractivity contribution in [2.24, 2.45) is 5.92 Å². The Bertz CT molecular complexity index is 938. The van der Waals surface area contributed by atoms with E-state index in [4.69, 9.17) is 11.2 Å². The zero-order valence-corrected chi connectivity index (χ0v) is 23.0. The molecular formula is C28H43N3O4. The molecule has 0 saturated heterocycles. The number of hydrogen-bond acceptors (Lipinski definition) is 4. The van der Waals surface area contributed by atoms with Crippen molar-refractivity contribution in [2.45, 2.75) is 105 Å². The summed E-state index contributed by atoms with van der Waals surface area (Å²) in [6.07, 6.45) is 5.66. The van der Waals surface area contributed by atoms with Crippen LogP contribution in [0.15, 0.2) is 24.3 Å². The van der Waals surface area contributed by atoms with Crippen molar-refractivity contribution in [2.75, 3.05) is 0 Å². The molecule has 7 nitrogen and oxygen atoms in total. The fourth-order valence-corrected chi connectivity index (χ4v) is 3.67. The van der Waals surface area contributed by atoms with Gasteiger partial charge < -0.3 is 20.3 Å². The molecule has 194 valence electrons. The van der Waals surface area contributed by atoms with Crippen LogP contribution in [-0.2, 0) is 14.3 Å². The van der Waals surface area contributed by atoms with Gasteiger partial charge in [0.05, 0.1) is 0 Å². The molecule has 0 spiro atoms. The molecule has 0 aliphatic carbocycles. The van der Waals surface area contributed by atoms with Gasteiger partial charge in [0.2, 0.25) is 11.8 Å². The highest BCUT2D eigenvalue weighted by Crippen LogP contribution is 2.34. The molecule has 0 bridgehead atoms. The molecule has 0 fully saturated rings. The number of nitrogens with zero attached hydrogens (tertiary/aromatic N) is 1. The van der Waals surface area contributed by atoms with E-state index in [1.54, 1.807) is 49.9 Å². The van der Waals surface area contributed by atoms with Crippen LogP contribution in [0.3, 0.4) is 0 Å². The van der Waals surface area contributed by atoms with E-state index in [9.17, 15) is 14.4 Å². The summed E-state index contributed by atoms with van der Waals surface area (Å²) in [6.45, 7) is 18.5. The number of terminal acetylenes is 1. The van der Waals surface area contributed by atoms with Crippen molar-refractivity contribution in [3.8, 4) is 12.3 Å². The van der Waals surface area contributed by atoms with E-state index < -0.39 is 29.3 Å². The lowest BCUT2D eigenvalue weighted by atomic mass is 9.89. The smallest absolute Gasteiger partial charge is 0.408 e. The molecule has 1 aromatic carbocycles. The average Bonchev–Trinajstić information content (AvgIpc) is 2.73. The third-order valence-corrected chi connectivity index (χ3v) is 5.71. The first-order valence-electron chi connectivity index (χ1n) is 12.2. The summed E-state index contributed by atoms with van der Waals surface area (Å²) in [5.41, 5.74) is -0.367. The van der Waals surface area contributed by atoms with E-state index in [1.165, 1.54) is 0 Å². The van der Waals surface area contributed by atoms with E-state index in [-0.39, 0.29) is 23.8 Å². The number of amides is 3. The molecule has 2 unspecified atom stereocenters. The molecule has 7 heteroatoms. The van der Waals surface area contributed by atoms with Crippen LogP contribution in [0.1, 0.15) is 92.8 Å². The quantitative estimate of drug-likeness (QED) is 0.492. The topological polar surface area (TPSA) is 87.7 Å². The molecule has 0 aromatic heterocycles. The van der Waals surface area contributed by atoms with Crippen LogP contribution in [-0.4, -0.2) is 46.0 Å². The summed E-state index contributed by atoms with van der Waals surface area (Å²) >= 11 is 0. The Hall–Kier alpha value is -3.01. The lowest BCUT2D eigenvalue weighted by Gasteiger charge is -2.45. The Labute approximate surface area is 211 Å². The van der Waals surface area contributed by atoms with Crippen LogP contribution < -0.4 is 10.6 Å². The van der Waals surface area contributed by atoms with Crippen molar-refractivity contribution in [1.82, 2.24) is 15.5 Å². The Morgan fingerprint density at radius 3 is 2.06 bits per heavy atom. The van der Waals surface area contributed by atoms with Crippen LogP contribution in [0.2, 0.25) is 0 Å². The molecule has 2 atom stereocenters. The van der Waals surface area contributed by atoms with Crippen LogP contribution in [0, 0.1) is 18.3 Å². The number of carbonyl (C=O) groups is 3. The molecule has 35 heavy (non-hydrogen) atoms. The number of carbonyl (C=O) groups excluding carboxylic acids is 3. The van der Waals surface area contributed by atoms with E-state index in [0.717, 1.165) is 0 Å². The maximum atomic E-state index is 14.2. The van der Waals surface area contributed by atoms with Gasteiger partial charge in [0.1, 0.15) is 17.7 Å². The predicted octanol–water partition coefficient (Wildman–Crippen LogP) is 4.80. The third-order valence-electron chi connectivity index (χ3n) is 5.71. The fraction of sp³-hybridized carbons (Fsp3) is 0.607. The summed E-state index contributed by atoms with van der Waals surface area (Å²) in [5, 5.41) is 5.69. The van der Waals surface area contributed by atoms with Crippen molar-refractivity contribution in [3.63, 3.8) is 0 Å². The third kappa shape index (κ3) is 8.31. The minimum absolute atomic E-state index is 0.148. The van der Waals surface area contributed by atoms with Crippen molar-refractivity contribution in [3.05, 3.63) is 35.4 Å². The first-order chi connectivity index (χ1) is 16.1. The number of benzene rings is 1. The maximum Gasteiger partial charge on any atom is 0.408 e. The van der Waals surface area contributed by atoms with Gasteiger partial charge in [-0.2, -0.15) is 0 Å². The fourth-order valence-electron chi connectivity index (χ4n) is 3.67. The summed E-state index contributed by atoms with van der Waals surface area (Å²) in [5.74, 6) is 1.67. The molecule has 0 saturated carbocycles. The predicted molar refractivity (Wildman–Crippen MR) is 140 cm³/mol. The molecule has 0 heterocycles. The zero-order valence-electron chi connectivity index (χ0n) is 23.0. The highest BCUT2D eigenvalue weighted by molar-refractivity contribution is 5.93. The van der Waals surface area contributed by atoms with Gasteiger partial charge in [0.25, 0.3) is 0 Å². The molecule has 1 aromatic rings. The molecule has 0 radical (unpaired) electrons. The second-order valence-electron chi connectivity index (χ2n) is 11.0. The van der Waals surface area contributed by atoms with Crippen LogP contribution in [0.25, 0.3) is 0 Å². The number of nitrogens with one attached hydrogen (secondary N) is 2. The number of hydrogen-bond donors (Lipinski definition) is 2. The Morgan fingerprint density at radius 1 is 1.03 bits per heavy atom. The first-order valence-corrected chi connectivity index (χ1v) is 12.2. The van der Waals surface area contributed by atoms with Gasteiger partial charge in [-0.05, 0) is 72.4 Å². The van der Waals surface area contributed by atoms with Gasteiger partial charge in [-0.1, -0.05) is 44.9 Å². The summed E-state index contributed by atoms with van der Waals surface area (Å²) in [7, 11) is 0. The zero-order chi connectivity index (χ0) is 27.1. The van der Waals surface area contributed by atoms with Crippen LogP contribution >= 0.6 is 0 Å². The number of ether oxygens (including phenoxy) is 1. The monoisotopic (exact) mass is 485 g/mol. The molecule has 0 aliphatic rings. The van der Waals surface area contributed by atoms with Gasteiger partial charge in [-0.3, -0.25) is 9.59 Å². The SMILES string of the molecule is C#Cc1ccccc1C(C(=O)NC(C)C)N(C(=O)C(NC(=O)OC(C)(C)C)C(C)C)C(C)(C)CC. The molecule has 2 N–H and O–H groups in total. The Kier molecular flexibility index (Phi) is 10.4. The molecule has 1 rings (SSSR count). The minimum Gasteiger partial charge on any atom is -0.444 e. The van der Waals surface area contributed by atoms with E-state index in [1.807, 2.05) is 48.5 Å². The average molecular weight is 486 g/mol. The highest BCUT2D eigenvalue weighted by Gasteiger charge is 2.44. The first kappa shape index (κ1) is 30.0. The number of alkyl carbamates (subject to hydrolysis) is 1. The molecule has 3 amide bonds. The van der Waals surface area contributed by atoms with Crippen LogP contribution in [0.4, 0.5) is 4.79 Å². The summed E-state index contributed by atoms with van der Waals surface area (Å²) in [6, 6.07) is 5.07. The van der Waals surface area contributed by atoms with Gasteiger partial charge in [-0.15, -0.1) is 6.42 Å². The Morgan fingerprint density at radius 2 is 1.60 bits per heavy atom. The van der Waals surface area contributed by atoms with E-state index >= 15 is 0 Å². The largest absolute Gasteiger partial charge is 0.444 e. The van der Waals surface area contributed by atoms with Crippen molar-refractivity contribution in [1.29, 1.82) is 0 Å². The standard InChI is InChI=1S/C28H43N3O4/c1-12-20-16-14-15-17-21(20)23(24(32)29-19(5)6)31(28(10,11)13-2)25(33)22(18(3)4)30-26(34)35-27(7,8)9/h1,14-19,22-23H,13H2,2-11H3,(H,29,32)(H,30,34). The van der Waals surface area contributed by atoms with Gasteiger partial charge in [-0.25, -0.2) is 4.79 Å². The van der Waals surface area contributed by atoms with Gasteiger partial charge >= 0.3 is 6.09 Å². The van der Waals surface area contributed by atoms with E-state index in [2.05, 4.69) is 16.6 Å². The Balaban J connectivity index is 3.71. The van der Waals surface area contributed by atoms with E-state index in [0.29, 0.717) is 17.5 Å². The molecular weight excluding hydrogens is 442 g/mol. The normalized spacial score (nSPS) is 13.6. The highest BCUT2D eigenvalue weighted by atomic mass is 16.6. The molecule has 0 aliphatic heterocycles. The summed E-state index contributed by atoms with van der Waals surface area (Å²) < 4.78 is 5.42. The minimum atomic E-state index is -0.992. The van der Waals surface area contributed by atoms with Gasteiger partial charge in [0, 0.05) is 17.1 Å².